The van der Waals surface area contributed by atoms with Crippen LogP contribution in [0.25, 0.3) is 0 Å². The summed E-state index contributed by atoms with van der Waals surface area (Å²) in [7, 11) is 3.07. The Bertz CT molecular complexity index is 411. The van der Waals surface area contributed by atoms with Crippen molar-refractivity contribution in [2.24, 2.45) is 0 Å². The van der Waals surface area contributed by atoms with E-state index in [0.717, 1.165) is 45.7 Å². The first-order valence-corrected chi connectivity index (χ1v) is 6.79. The fraction of sp³-hybridized carbons (Fsp3) is 0.692. The third kappa shape index (κ3) is 3.71. The summed E-state index contributed by atoms with van der Waals surface area (Å²) in [5.74, 6) is 1.44. The molecule has 1 aromatic rings. The van der Waals surface area contributed by atoms with Crippen LogP contribution in [0.1, 0.15) is 12.2 Å². The van der Waals surface area contributed by atoms with Gasteiger partial charge >= 0.3 is 0 Å². The molecule has 1 saturated heterocycles. The van der Waals surface area contributed by atoms with Gasteiger partial charge in [-0.15, -0.1) is 0 Å². The number of morpholine rings is 1. The molecule has 0 aliphatic carbocycles. The standard InChI is InChI=1S/C13H22N4O3/c1-18-12-11(14)13(19-2)16-10(15-12)4-3-5-17-6-8-20-9-7-17/h3-9,14H2,1-2H3. The molecule has 0 unspecified atom stereocenters. The van der Waals surface area contributed by atoms with E-state index in [9.17, 15) is 0 Å². The second kappa shape index (κ2) is 7.25. The van der Waals surface area contributed by atoms with Gasteiger partial charge in [0.25, 0.3) is 0 Å². The fourth-order valence-corrected chi connectivity index (χ4v) is 2.18. The molecule has 0 bridgehead atoms. The first kappa shape index (κ1) is 14.8. The van der Waals surface area contributed by atoms with Crippen LogP contribution in [-0.2, 0) is 11.2 Å². The van der Waals surface area contributed by atoms with Crippen LogP contribution in [0.5, 0.6) is 11.8 Å². The monoisotopic (exact) mass is 282 g/mol. The highest BCUT2D eigenvalue weighted by atomic mass is 16.5. The molecule has 2 N–H and O–H groups in total. The number of anilines is 1. The molecule has 0 amide bonds. The van der Waals surface area contributed by atoms with Gasteiger partial charge in [0, 0.05) is 19.5 Å². The van der Waals surface area contributed by atoms with E-state index < -0.39 is 0 Å². The van der Waals surface area contributed by atoms with Crippen LogP contribution in [-0.4, -0.2) is 61.9 Å². The maximum Gasteiger partial charge on any atom is 0.244 e. The summed E-state index contributed by atoms with van der Waals surface area (Å²) in [5, 5.41) is 0. The molecule has 2 heterocycles. The molecular weight excluding hydrogens is 260 g/mol. The van der Waals surface area contributed by atoms with Crippen molar-refractivity contribution < 1.29 is 14.2 Å². The summed E-state index contributed by atoms with van der Waals surface area (Å²) in [5.41, 5.74) is 6.16. The minimum atomic E-state index is 0.340. The molecule has 0 spiro atoms. The molecule has 0 aromatic carbocycles. The molecule has 1 aromatic heterocycles. The number of ether oxygens (including phenoxy) is 3. The van der Waals surface area contributed by atoms with Crippen molar-refractivity contribution in [1.82, 2.24) is 14.9 Å². The summed E-state index contributed by atoms with van der Waals surface area (Å²) < 4.78 is 15.6. The van der Waals surface area contributed by atoms with Crippen molar-refractivity contribution >= 4 is 5.69 Å². The molecule has 0 atom stereocenters. The van der Waals surface area contributed by atoms with E-state index in [4.69, 9.17) is 19.9 Å². The first-order chi connectivity index (χ1) is 9.74. The van der Waals surface area contributed by atoms with Gasteiger partial charge in [-0.25, -0.2) is 0 Å². The fourth-order valence-electron chi connectivity index (χ4n) is 2.18. The molecule has 112 valence electrons. The SMILES string of the molecule is COc1nc(CCCN2CCOCC2)nc(OC)c1N. The maximum atomic E-state index is 5.82. The van der Waals surface area contributed by atoms with Crippen LogP contribution >= 0.6 is 0 Å². The highest BCUT2D eigenvalue weighted by Crippen LogP contribution is 2.27. The average molecular weight is 282 g/mol. The van der Waals surface area contributed by atoms with Gasteiger partial charge in [-0.1, -0.05) is 0 Å². The topological polar surface area (TPSA) is 82.7 Å². The second-order valence-corrected chi connectivity index (χ2v) is 4.63. The number of hydrogen-bond acceptors (Lipinski definition) is 7. The van der Waals surface area contributed by atoms with Crippen molar-refractivity contribution in [2.75, 3.05) is 52.8 Å². The van der Waals surface area contributed by atoms with E-state index in [1.54, 1.807) is 0 Å². The van der Waals surface area contributed by atoms with Crippen molar-refractivity contribution in [3.63, 3.8) is 0 Å². The molecular formula is C13H22N4O3. The molecule has 2 rings (SSSR count). The molecule has 0 radical (unpaired) electrons. The number of aromatic nitrogens is 2. The van der Waals surface area contributed by atoms with E-state index in [2.05, 4.69) is 14.9 Å². The molecule has 7 heteroatoms. The van der Waals surface area contributed by atoms with E-state index in [0.29, 0.717) is 23.3 Å². The molecule has 1 aliphatic heterocycles. The lowest BCUT2D eigenvalue weighted by Crippen LogP contribution is -2.37. The Hall–Kier alpha value is -1.60. The van der Waals surface area contributed by atoms with Gasteiger partial charge in [-0.3, -0.25) is 4.90 Å². The van der Waals surface area contributed by atoms with Crippen LogP contribution in [0.2, 0.25) is 0 Å². The Morgan fingerprint density at radius 3 is 2.30 bits per heavy atom. The summed E-state index contributed by atoms with van der Waals surface area (Å²) in [6.07, 6.45) is 1.75. The third-order valence-corrected chi connectivity index (χ3v) is 3.29. The predicted octanol–water partition coefficient (Wildman–Crippen LogP) is 0.341. The lowest BCUT2D eigenvalue weighted by molar-refractivity contribution is 0.0374. The molecule has 1 fully saturated rings. The van der Waals surface area contributed by atoms with Crippen LogP contribution in [0.4, 0.5) is 5.69 Å². The highest BCUT2D eigenvalue weighted by Gasteiger charge is 2.14. The Morgan fingerprint density at radius 2 is 1.75 bits per heavy atom. The normalized spacial score (nSPS) is 16.1. The first-order valence-electron chi connectivity index (χ1n) is 6.79. The maximum absolute atomic E-state index is 5.82. The minimum absolute atomic E-state index is 0.340. The van der Waals surface area contributed by atoms with Crippen LogP contribution < -0.4 is 15.2 Å². The van der Waals surface area contributed by atoms with Gasteiger partial charge in [0.15, 0.2) is 5.69 Å². The van der Waals surface area contributed by atoms with Crippen LogP contribution in [0, 0.1) is 0 Å². The largest absolute Gasteiger partial charge is 0.479 e. The molecule has 0 saturated carbocycles. The zero-order valence-corrected chi connectivity index (χ0v) is 12.1. The van der Waals surface area contributed by atoms with Gasteiger partial charge in [0.05, 0.1) is 27.4 Å². The van der Waals surface area contributed by atoms with Crippen molar-refractivity contribution in [2.45, 2.75) is 12.8 Å². The Kier molecular flexibility index (Phi) is 5.37. The Morgan fingerprint density at radius 1 is 1.15 bits per heavy atom. The lowest BCUT2D eigenvalue weighted by atomic mass is 10.2. The van der Waals surface area contributed by atoms with Crippen LogP contribution in [0.3, 0.4) is 0 Å². The third-order valence-electron chi connectivity index (χ3n) is 3.29. The second-order valence-electron chi connectivity index (χ2n) is 4.63. The Labute approximate surface area is 119 Å². The average Bonchev–Trinajstić information content (AvgIpc) is 2.49. The predicted molar refractivity (Wildman–Crippen MR) is 75.1 cm³/mol. The van der Waals surface area contributed by atoms with E-state index in [1.807, 2.05) is 0 Å². The van der Waals surface area contributed by atoms with Gasteiger partial charge in [0.1, 0.15) is 5.82 Å². The van der Waals surface area contributed by atoms with Crippen molar-refractivity contribution in [3.8, 4) is 11.8 Å². The van der Waals surface area contributed by atoms with Gasteiger partial charge in [0.2, 0.25) is 11.8 Å². The Balaban J connectivity index is 1.91. The van der Waals surface area contributed by atoms with Gasteiger partial charge in [-0.05, 0) is 13.0 Å². The number of rotatable bonds is 6. The zero-order valence-electron chi connectivity index (χ0n) is 12.1. The van der Waals surface area contributed by atoms with Crippen molar-refractivity contribution in [1.29, 1.82) is 0 Å². The van der Waals surface area contributed by atoms with Gasteiger partial charge in [-0.2, -0.15) is 9.97 Å². The van der Waals surface area contributed by atoms with Crippen molar-refractivity contribution in [3.05, 3.63) is 5.82 Å². The number of nitrogen functional groups attached to an aromatic ring is 1. The summed E-state index contributed by atoms with van der Waals surface area (Å²) in [6.45, 7) is 4.65. The summed E-state index contributed by atoms with van der Waals surface area (Å²) in [6, 6.07) is 0. The number of nitrogens with two attached hydrogens (primary N) is 1. The number of nitrogens with zero attached hydrogens (tertiary/aromatic N) is 3. The van der Waals surface area contributed by atoms with E-state index >= 15 is 0 Å². The number of hydrogen-bond donors (Lipinski definition) is 1. The summed E-state index contributed by atoms with van der Waals surface area (Å²) >= 11 is 0. The quantitative estimate of drug-likeness (QED) is 0.805. The summed E-state index contributed by atoms with van der Waals surface area (Å²) in [4.78, 5) is 11.0. The zero-order chi connectivity index (χ0) is 14.4. The molecule has 7 nitrogen and oxygen atoms in total. The molecule has 20 heavy (non-hydrogen) atoms. The van der Waals surface area contributed by atoms with Gasteiger partial charge < -0.3 is 19.9 Å². The minimum Gasteiger partial charge on any atom is -0.479 e. The number of methoxy groups -OCH3 is 2. The van der Waals surface area contributed by atoms with E-state index in [-0.39, 0.29) is 0 Å². The smallest absolute Gasteiger partial charge is 0.244 e. The molecule has 1 aliphatic rings. The van der Waals surface area contributed by atoms with E-state index in [1.165, 1.54) is 14.2 Å². The number of aryl methyl sites for hydroxylation is 1. The lowest BCUT2D eigenvalue weighted by Gasteiger charge is -2.26. The van der Waals surface area contributed by atoms with Crippen LogP contribution in [0.15, 0.2) is 0 Å². The highest BCUT2D eigenvalue weighted by molar-refractivity contribution is 5.56.